The van der Waals surface area contributed by atoms with E-state index in [4.69, 9.17) is 4.42 Å². The van der Waals surface area contributed by atoms with Gasteiger partial charge in [0.25, 0.3) is 0 Å². The third-order valence-corrected chi connectivity index (χ3v) is 14.8. The van der Waals surface area contributed by atoms with Crippen LogP contribution in [0.25, 0.3) is 66.4 Å². The van der Waals surface area contributed by atoms with Gasteiger partial charge in [0.05, 0.1) is 0 Å². The van der Waals surface area contributed by atoms with Crippen molar-refractivity contribution in [3.05, 3.63) is 199 Å². The Morgan fingerprint density at radius 2 is 1.10 bits per heavy atom. The van der Waals surface area contributed by atoms with Gasteiger partial charge in [-0.25, -0.2) is 0 Å². The van der Waals surface area contributed by atoms with Crippen LogP contribution in [0.15, 0.2) is 192 Å². The van der Waals surface area contributed by atoms with Crippen molar-refractivity contribution in [2.75, 3.05) is 4.90 Å². The lowest BCUT2D eigenvalue weighted by atomic mass is 9.49. The maximum Gasteiger partial charge on any atom is 0.136 e. The van der Waals surface area contributed by atoms with Crippen molar-refractivity contribution < 1.29 is 4.42 Å². The standard InChI is InChI=1S/C59H49NO/c1-38-32-40-34-39(2)59(44(33-38)35-40)54-23-10-8-20-50(54)53-37-47(30-31-55(53)59)60(46-17-12-16-43(36-46)41-14-4-3-5-15-41)45-28-26-42(27-29-45)48-18-6-7-19-49(48)51-22-13-25-57-58(51)52-21-9-11-24-56(52)61-57/h3-31,36-40,44H,32-35H2,1-2H3/t38-,39+,40-,44-,59?/m0/s1. The van der Waals surface area contributed by atoms with Crippen molar-refractivity contribution in [1.82, 2.24) is 0 Å². The molecule has 0 N–H and O–H groups in total. The highest BCUT2D eigenvalue weighted by Gasteiger charge is 2.56. The summed E-state index contributed by atoms with van der Waals surface area (Å²) >= 11 is 0. The van der Waals surface area contributed by atoms with E-state index < -0.39 is 0 Å². The van der Waals surface area contributed by atoms with E-state index in [1.165, 1.54) is 75.9 Å². The molecule has 0 aliphatic heterocycles. The van der Waals surface area contributed by atoms with Crippen LogP contribution in [0.3, 0.4) is 0 Å². The molecule has 3 aliphatic carbocycles. The summed E-state index contributed by atoms with van der Waals surface area (Å²) in [6.45, 7) is 5.06. The molecule has 1 unspecified atom stereocenters. The van der Waals surface area contributed by atoms with Crippen molar-refractivity contribution in [2.45, 2.75) is 44.9 Å². The number of hydrogen-bond donors (Lipinski definition) is 0. The fourth-order valence-corrected chi connectivity index (χ4v) is 12.5. The predicted octanol–water partition coefficient (Wildman–Crippen LogP) is 16.4. The normalized spacial score (nSPS) is 21.4. The lowest BCUT2D eigenvalue weighted by Gasteiger charge is -2.54. The lowest BCUT2D eigenvalue weighted by Crippen LogP contribution is -2.49. The quantitative estimate of drug-likeness (QED) is 0.167. The van der Waals surface area contributed by atoms with Gasteiger partial charge in [-0.1, -0.05) is 153 Å². The fourth-order valence-electron chi connectivity index (χ4n) is 12.5. The zero-order chi connectivity index (χ0) is 40.7. The topological polar surface area (TPSA) is 16.4 Å². The molecule has 2 saturated carbocycles. The molecule has 8 aromatic carbocycles. The molecule has 0 radical (unpaired) electrons. The van der Waals surface area contributed by atoms with Gasteiger partial charge in [0.1, 0.15) is 11.2 Å². The number of nitrogens with zero attached hydrogens (tertiary/aromatic N) is 1. The molecular weight excluding hydrogens is 739 g/mol. The molecule has 2 nitrogen and oxygen atoms in total. The minimum absolute atomic E-state index is 0.0653. The minimum atomic E-state index is 0.0653. The summed E-state index contributed by atoms with van der Waals surface area (Å²) in [5.74, 6) is 2.91. The number of hydrogen-bond acceptors (Lipinski definition) is 2. The van der Waals surface area contributed by atoms with Crippen molar-refractivity contribution in [3.8, 4) is 44.5 Å². The molecular formula is C59H49NO. The Morgan fingerprint density at radius 1 is 0.443 bits per heavy atom. The summed E-state index contributed by atoms with van der Waals surface area (Å²) < 4.78 is 6.32. The van der Waals surface area contributed by atoms with Crippen molar-refractivity contribution in [2.24, 2.45) is 23.7 Å². The van der Waals surface area contributed by atoms with E-state index in [9.17, 15) is 0 Å². The number of furan rings is 1. The van der Waals surface area contributed by atoms with Crippen LogP contribution < -0.4 is 4.90 Å². The maximum atomic E-state index is 6.32. The SMILES string of the molecule is C[C@H]1C[C@@H]2C[C@H](C1)C1(c3ccccc3-c3cc(N(c4ccc(-c5ccccc5-c5cccc6oc7ccccc7c56)cc4)c4cccc(-c5ccccc5)c4)ccc31)[C@H](C)C2. The average Bonchev–Trinajstić information content (AvgIpc) is 3.83. The zero-order valence-corrected chi connectivity index (χ0v) is 34.9. The molecule has 1 aromatic heterocycles. The van der Waals surface area contributed by atoms with Crippen LogP contribution in [0.2, 0.25) is 0 Å². The van der Waals surface area contributed by atoms with Crippen LogP contribution in [0, 0.1) is 23.7 Å². The number of para-hydroxylation sites is 1. The molecule has 1 heterocycles. The fraction of sp³-hybridized carbons (Fsp3) is 0.186. The number of fused-ring (bicyclic) bond motifs is 11. The molecule has 2 fully saturated rings. The molecule has 2 heteroatoms. The first kappa shape index (κ1) is 36.2. The van der Waals surface area contributed by atoms with Crippen LogP contribution in [0.4, 0.5) is 17.1 Å². The van der Waals surface area contributed by atoms with Gasteiger partial charge in [0, 0.05) is 33.2 Å². The summed E-state index contributed by atoms with van der Waals surface area (Å²) in [6, 6.07) is 69.5. The molecule has 5 atom stereocenters. The van der Waals surface area contributed by atoms with Gasteiger partial charge in [-0.2, -0.15) is 0 Å². The summed E-state index contributed by atoms with van der Waals surface area (Å²) in [7, 11) is 0. The Morgan fingerprint density at radius 3 is 1.97 bits per heavy atom. The van der Waals surface area contributed by atoms with E-state index in [1.54, 1.807) is 11.1 Å². The summed E-state index contributed by atoms with van der Waals surface area (Å²) in [5.41, 5.74) is 18.5. The third kappa shape index (κ3) is 5.68. The van der Waals surface area contributed by atoms with Gasteiger partial charge >= 0.3 is 0 Å². The van der Waals surface area contributed by atoms with Gasteiger partial charge in [-0.15, -0.1) is 0 Å². The average molecular weight is 788 g/mol. The number of rotatable bonds is 6. The van der Waals surface area contributed by atoms with E-state index in [2.05, 4.69) is 201 Å². The van der Waals surface area contributed by atoms with E-state index in [0.717, 1.165) is 45.1 Å². The van der Waals surface area contributed by atoms with Gasteiger partial charge in [-0.3, -0.25) is 0 Å². The molecule has 2 bridgehead atoms. The van der Waals surface area contributed by atoms with Crippen molar-refractivity contribution >= 4 is 39.0 Å². The molecule has 9 aromatic rings. The summed E-state index contributed by atoms with van der Waals surface area (Å²) in [6.07, 6.45) is 5.38. The second-order valence-electron chi connectivity index (χ2n) is 18.3. The molecule has 0 amide bonds. The highest BCUT2D eigenvalue weighted by atomic mass is 16.3. The van der Waals surface area contributed by atoms with Gasteiger partial charge in [0.2, 0.25) is 0 Å². The van der Waals surface area contributed by atoms with E-state index in [1.807, 2.05) is 6.07 Å². The molecule has 1 spiro atoms. The number of benzene rings is 8. The van der Waals surface area contributed by atoms with Crippen LogP contribution in [-0.4, -0.2) is 0 Å². The number of anilines is 3. The highest BCUT2D eigenvalue weighted by Crippen LogP contribution is 2.65. The second-order valence-corrected chi connectivity index (χ2v) is 18.3. The van der Waals surface area contributed by atoms with Gasteiger partial charge in [-0.05, 0) is 154 Å². The Hall–Kier alpha value is -6.64. The first-order chi connectivity index (χ1) is 30.0. The largest absolute Gasteiger partial charge is 0.456 e. The summed E-state index contributed by atoms with van der Waals surface area (Å²) in [4.78, 5) is 2.47. The Labute approximate surface area is 359 Å². The van der Waals surface area contributed by atoms with Gasteiger partial charge in [0.15, 0.2) is 0 Å². The van der Waals surface area contributed by atoms with E-state index in [0.29, 0.717) is 11.8 Å². The predicted molar refractivity (Wildman–Crippen MR) is 255 cm³/mol. The maximum absolute atomic E-state index is 6.32. The monoisotopic (exact) mass is 787 g/mol. The summed E-state index contributed by atoms with van der Waals surface area (Å²) in [5, 5.41) is 2.30. The van der Waals surface area contributed by atoms with Crippen LogP contribution >= 0.6 is 0 Å². The molecule has 296 valence electrons. The second kappa shape index (κ2) is 14.2. The molecule has 3 aliphatic rings. The smallest absolute Gasteiger partial charge is 0.136 e. The molecule has 12 rings (SSSR count). The third-order valence-electron chi connectivity index (χ3n) is 14.8. The Kier molecular flexibility index (Phi) is 8.46. The first-order valence-electron chi connectivity index (χ1n) is 22.3. The Bertz CT molecular complexity index is 3100. The Balaban J connectivity index is 0.999. The lowest BCUT2D eigenvalue weighted by molar-refractivity contribution is 0.0426. The van der Waals surface area contributed by atoms with E-state index >= 15 is 0 Å². The van der Waals surface area contributed by atoms with Crippen LogP contribution in [-0.2, 0) is 5.41 Å². The minimum Gasteiger partial charge on any atom is -0.456 e. The molecule has 0 saturated heterocycles. The van der Waals surface area contributed by atoms with Crippen molar-refractivity contribution in [3.63, 3.8) is 0 Å². The zero-order valence-electron chi connectivity index (χ0n) is 34.9. The first-order valence-corrected chi connectivity index (χ1v) is 22.3. The van der Waals surface area contributed by atoms with Crippen LogP contribution in [0.1, 0.15) is 50.7 Å². The van der Waals surface area contributed by atoms with Crippen molar-refractivity contribution in [1.29, 1.82) is 0 Å². The van der Waals surface area contributed by atoms with Gasteiger partial charge < -0.3 is 9.32 Å². The molecule has 61 heavy (non-hydrogen) atoms. The van der Waals surface area contributed by atoms with E-state index in [-0.39, 0.29) is 5.41 Å². The van der Waals surface area contributed by atoms with Crippen LogP contribution in [0.5, 0.6) is 0 Å². The highest BCUT2D eigenvalue weighted by molar-refractivity contribution is 6.13.